The van der Waals surface area contributed by atoms with Crippen LogP contribution in [0.25, 0.3) is 0 Å². The standard InChI is InChI=1S/C18H29F3N6O/c1-22-16(23-9-5-13-28-14-6-3-2-4-7-14)25-11-12-26-17-24-10-8-15(27-17)18(19,20)21/h8,10,14H,2-7,9,11-13H2,1H3,(H2,22,23,25)(H,24,26,27). The Morgan fingerprint density at radius 3 is 2.64 bits per heavy atom. The van der Waals surface area contributed by atoms with Gasteiger partial charge in [0.05, 0.1) is 6.10 Å². The summed E-state index contributed by atoms with van der Waals surface area (Å²) in [7, 11) is 1.66. The molecule has 0 saturated heterocycles. The number of ether oxygens (including phenoxy) is 1. The first-order chi connectivity index (χ1) is 13.5. The highest BCUT2D eigenvalue weighted by atomic mass is 19.4. The second kappa shape index (κ2) is 11.7. The fraction of sp³-hybridized carbons (Fsp3) is 0.722. The maximum absolute atomic E-state index is 12.6. The molecule has 0 unspecified atom stereocenters. The largest absolute Gasteiger partial charge is 0.433 e. The third-order valence-electron chi connectivity index (χ3n) is 4.39. The minimum absolute atomic E-state index is 0.0561. The van der Waals surface area contributed by atoms with Crippen molar-refractivity contribution in [2.75, 3.05) is 38.6 Å². The summed E-state index contributed by atoms with van der Waals surface area (Å²) in [5.41, 5.74) is -0.967. The average molecular weight is 402 g/mol. The Morgan fingerprint density at radius 1 is 1.18 bits per heavy atom. The number of aliphatic imine (C=N–C) groups is 1. The third kappa shape index (κ3) is 8.28. The molecule has 1 aliphatic rings. The van der Waals surface area contributed by atoms with E-state index in [1.807, 2.05) is 0 Å². The highest BCUT2D eigenvalue weighted by Gasteiger charge is 2.32. The van der Waals surface area contributed by atoms with Gasteiger partial charge < -0.3 is 20.7 Å². The smallest absolute Gasteiger partial charge is 0.378 e. The molecule has 7 nitrogen and oxygen atoms in total. The van der Waals surface area contributed by atoms with Crippen LogP contribution in [0.5, 0.6) is 0 Å². The van der Waals surface area contributed by atoms with Crippen molar-refractivity contribution in [3.05, 3.63) is 18.0 Å². The summed E-state index contributed by atoms with van der Waals surface area (Å²) in [6, 6.07) is 0.840. The molecule has 28 heavy (non-hydrogen) atoms. The van der Waals surface area contributed by atoms with Crippen molar-refractivity contribution in [2.24, 2.45) is 4.99 Å². The zero-order chi connectivity index (χ0) is 20.2. The number of hydrogen-bond acceptors (Lipinski definition) is 5. The molecule has 1 aliphatic carbocycles. The van der Waals surface area contributed by atoms with E-state index in [1.54, 1.807) is 7.05 Å². The van der Waals surface area contributed by atoms with E-state index in [4.69, 9.17) is 4.74 Å². The molecule has 0 aromatic carbocycles. The molecule has 1 fully saturated rings. The molecule has 3 N–H and O–H groups in total. The maximum Gasteiger partial charge on any atom is 0.433 e. The number of aromatic nitrogens is 2. The van der Waals surface area contributed by atoms with Gasteiger partial charge in [0.2, 0.25) is 5.95 Å². The van der Waals surface area contributed by atoms with Gasteiger partial charge in [-0.25, -0.2) is 9.97 Å². The molecule has 0 radical (unpaired) electrons. The van der Waals surface area contributed by atoms with Gasteiger partial charge in [0.1, 0.15) is 5.69 Å². The summed E-state index contributed by atoms with van der Waals surface area (Å²) in [4.78, 5) is 11.4. The Bertz CT molecular complexity index is 605. The highest BCUT2D eigenvalue weighted by Crippen LogP contribution is 2.27. The van der Waals surface area contributed by atoms with E-state index in [0.29, 0.717) is 25.2 Å². The first kappa shape index (κ1) is 22.2. The molecule has 0 aliphatic heterocycles. The lowest BCUT2D eigenvalue weighted by Gasteiger charge is -2.22. The molecule has 0 spiro atoms. The molecular weight excluding hydrogens is 373 g/mol. The lowest BCUT2D eigenvalue weighted by molar-refractivity contribution is -0.141. The van der Waals surface area contributed by atoms with Crippen molar-refractivity contribution in [3.8, 4) is 0 Å². The van der Waals surface area contributed by atoms with Gasteiger partial charge in [-0.3, -0.25) is 4.99 Å². The van der Waals surface area contributed by atoms with E-state index in [-0.39, 0.29) is 5.95 Å². The normalized spacial score (nSPS) is 16.1. The first-order valence-corrected chi connectivity index (χ1v) is 9.69. The van der Waals surface area contributed by atoms with E-state index < -0.39 is 11.9 Å². The van der Waals surface area contributed by atoms with Crippen LogP contribution in [0.3, 0.4) is 0 Å². The minimum atomic E-state index is -4.48. The van der Waals surface area contributed by atoms with E-state index in [9.17, 15) is 13.2 Å². The number of rotatable bonds is 9. The predicted molar refractivity (Wildman–Crippen MR) is 102 cm³/mol. The number of hydrogen-bond donors (Lipinski definition) is 3. The number of nitrogens with zero attached hydrogens (tertiary/aromatic N) is 3. The van der Waals surface area contributed by atoms with Crippen molar-refractivity contribution in [1.82, 2.24) is 20.6 Å². The number of guanidine groups is 1. The average Bonchev–Trinajstić information content (AvgIpc) is 2.69. The molecule has 0 amide bonds. The quantitative estimate of drug-likeness (QED) is 0.335. The SMILES string of the molecule is CN=C(NCCCOC1CCCCC1)NCCNc1nccc(C(F)(F)F)n1. The van der Waals surface area contributed by atoms with Crippen LogP contribution in [0, 0.1) is 0 Å². The van der Waals surface area contributed by atoms with Crippen LogP contribution in [-0.2, 0) is 10.9 Å². The Balaban J connectivity index is 1.57. The molecule has 1 aromatic rings. The van der Waals surface area contributed by atoms with E-state index in [2.05, 4.69) is 30.9 Å². The number of anilines is 1. The fourth-order valence-electron chi connectivity index (χ4n) is 2.94. The third-order valence-corrected chi connectivity index (χ3v) is 4.39. The molecule has 0 atom stereocenters. The lowest BCUT2D eigenvalue weighted by Crippen LogP contribution is -2.40. The van der Waals surface area contributed by atoms with Gasteiger partial charge in [-0.05, 0) is 25.3 Å². The highest BCUT2D eigenvalue weighted by molar-refractivity contribution is 5.79. The van der Waals surface area contributed by atoms with Gasteiger partial charge in [-0.15, -0.1) is 0 Å². The second-order valence-electron chi connectivity index (χ2n) is 6.60. The first-order valence-electron chi connectivity index (χ1n) is 9.69. The number of nitrogens with one attached hydrogen (secondary N) is 3. The lowest BCUT2D eigenvalue weighted by atomic mass is 9.98. The van der Waals surface area contributed by atoms with Crippen molar-refractivity contribution < 1.29 is 17.9 Å². The Hall–Kier alpha value is -2.10. The number of halogens is 3. The molecule has 158 valence electrons. The summed E-state index contributed by atoms with van der Waals surface area (Å²) in [6.45, 7) is 2.27. The molecule has 0 bridgehead atoms. The minimum Gasteiger partial charge on any atom is -0.378 e. The van der Waals surface area contributed by atoms with E-state index in [0.717, 1.165) is 31.8 Å². The Morgan fingerprint density at radius 2 is 1.93 bits per heavy atom. The molecule has 1 saturated carbocycles. The maximum atomic E-state index is 12.6. The van der Waals surface area contributed by atoms with Gasteiger partial charge in [0.15, 0.2) is 5.96 Å². The predicted octanol–water partition coefficient (Wildman–Crippen LogP) is 2.81. The zero-order valence-electron chi connectivity index (χ0n) is 16.2. The van der Waals surface area contributed by atoms with Crippen LogP contribution >= 0.6 is 0 Å². The zero-order valence-corrected chi connectivity index (χ0v) is 16.2. The monoisotopic (exact) mass is 402 g/mol. The van der Waals surface area contributed by atoms with Crippen molar-refractivity contribution in [3.63, 3.8) is 0 Å². The summed E-state index contributed by atoms with van der Waals surface area (Å²) < 4.78 is 43.7. The summed E-state index contributed by atoms with van der Waals surface area (Å²) >= 11 is 0. The van der Waals surface area contributed by atoms with E-state index in [1.165, 1.54) is 32.1 Å². The van der Waals surface area contributed by atoms with Gasteiger partial charge in [0, 0.05) is 39.5 Å². The van der Waals surface area contributed by atoms with Crippen molar-refractivity contribution in [2.45, 2.75) is 50.8 Å². The van der Waals surface area contributed by atoms with Crippen LogP contribution in [0.15, 0.2) is 17.3 Å². The van der Waals surface area contributed by atoms with Crippen LogP contribution in [0.1, 0.15) is 44.2 Å². The number of alkyl halides is 3. The molecule has 2 rings (SSSR count). The van der Waals surface area contributed by atoms with Gasteiger partial charge in [-0.2, -0.15) is 13.2 Å². The summed E-state index contributed by atoms with van der Waals surface area (Å²) in [5.74, 6) is 0.573. The van der Waals surface area contributed by atoms with E-state index >= 15 is 0 Å². The summed E-state index contributed by atoms with van der Waals surface area (Å²) in [5, 5.41) is 9.03. The Labute approximate surface area is 163 Å². The molecule has 1 heterocycles. The fourth-order valence-corrected chi connectivity index (χ4v) is 2.94. The van der Waals surface area contributed by atoms with Crippen LogP contribution in [0.4, 0.5) is 19.1 Å². The van der Waals surface area contributed by atoms with Gasteiger partial charge in [-0.1, -0.05) is 19.3 Å². The molecule has 10 heteroatoms. The topological polar surface area (TPSA) is 83.5 Å². The summed E-state index contributed by atoms with van der Waals surface area (Å²) in [6.07, 6.45) is 4.07. The van der Waals surface area contributed by atoms with Crippen LogP contribution < -0.4 is 16.0 Å². The molecular formula is C18H29F3N6O. The van der Waals surface area contributed by atoms with Gasteiger partial charge in [0.25, 0.3) is 0 Å². The van der Waals surface area contributed by atoms with Gasteiger partial charge >= 0.3 is 6.18 Å². The van der Waals surface area contributed by atoms with Crippen molar-refractivity contribution in [1.29, 1.82) is 0 Å². The van der Waals surface area contributed by atoms with Crippen molar-refractivity contribution >= 4 is 11.9 Å². The Kier molecular flexibility index (Phi) is 9.26. The second-order valence-corrected chi connectivity index (χ2v) is 6.60. The molecule has 1 aromatic heterocycles. The van der Waals surface area contributed by atoms with Crippen LogP contribution in [-0.4, -0.2) is 55.3 Å². The van der Waals surface area contributed by atoms with Crippen LogP contribution in [0.2, 0.25) is 0 Å².